The highest BCUT2D eigenvalue weighted by atomic mass is 19.3. The van der Waals surface area contributed by atoms with Crippen LogP contribution in [-0.4, -0.2) is 44.0 Å². The van der Waals surface area contributed by atoms with Crippen LogP contribution in [0.4, 0.5) is 8.78 Å². The third-order valence-corrected chi connectivity index (χ3v) is 3.44. The summed E-state index contributed by atoms with van der Waals surface area (Å²) >= 11 is 0. The molecule has 0 fully saturated rings. The highest BCUT2D eigenvalue weighted by molar-refractivity contribution is 4.83. The first-order valence-corrected chi connectivity index (χ1v) is 6.55. The molecule has 2 nitrogen and oxygen atoms in total. The Bertz CT molecular complexity index is 192. The molecule has 0 saturated carbocycles. The van der Waals surface area contributed by atoms with Gasteiger partial charge in [-0.2, -0.15) is 0 Å². The molecule has 0 aromatic carbocycles. The van der Waals surface area contributed by atoms with Crippen molar-refractivity contribution >= 4 is 0 Å². The molecule has 0 rings (SSSR count). The molecule has 0 atom stereocenters. The van der Waals surface area contributed by atoms with E-state index in [1.807, 2.05) is 0 Å². The topological polar surface area (TPSA) is 15.3 Å². The summed E-state index contributed by atoms with van der Waals surface area (Å²) in [5.41, 5.74) is 0.105. The lowest BCUT2D eigenvalue weighted by Gasteiger charge is -2.36. The Balaban J connectivity index is 4.37. The van der Waals surface area contributed by atoms with E-state index in [2.05, 4.69) is 33.0 Å². The van der Waals surface area contributed by atoms with E-state index in [0.717, 1.165) is 25.9 Å². The summed E-state index contributed by atoms with van der Waals surface area (Å²) in [6.07, 6.45) is -0.224. The summed E-state index contributed by atoms with van der Waals surface area (Å²) in [4.78, 5) is 1.75. The molecule has 0 bridgehead atoms. The maximum Gasteiger partial charge on any atom is 0.251 e. The zero-order chi connectivity index (χ0) is 13.5. The van der Waals surface area contributed by atoms with Crippen LogP contribution in [0.25, 0.3) is 0 Å². The Morgan fingerprint density at radius 1 is 1.18 bits per heavy atom. The Morgan fingerprint density at radius 3 is 2.06 bits per heavy atom. The van der Waals surface area contributed by atoms with E-state index in [0.29, 0.717) is 6.04 Å². The summed E-state index contributed by atoms with van der Waals surface area (Å²) in [7, 11) is 1.78. The van der Waals surface area contributed by atoms with Gasteiger partial charge in [-0.1, -0.05) is 27.7 Å². The Hall–Kier alpha value is -0.220. The van der Waals surface area contributed by atoms with Gasteiger partial charge >= 0.3 is 0 Å². The number of nitrogens with one attached hydrogen (secondary N) is 1. The van der Waals surface area contributed by atoms with Crippen LogP contribution < -0.4 is 5.32 Å². The van der Waals surface area contributed by atoms with Crippen LogP contribution in [0, 0.1) is 5.41 Å². The maximum atomic E-state index is 12.3. The van der Waals surface area contributed by atoms with E-state index in [4.69, 9.17) is 0 Å². The molecule has 0 aromatic rings. The third-order valence-electron chi connectivity index (χ3n) is 3.44. The predicted octanol–water partition coefficient (Wildman–Crippen LogP) is 2.99. The molecular formula is C13H28F2N2. The lowest BCUT2D eigenvalue weighted by molar-refractivity contribution is 0.0705. The van der Waals surface area contributed by atoms with Crippen molar-refractivity contribution in [1.29, 1.82) is 0 Å². The van der Waals surface area contributed by atoms with Crippen LogP contribution in [0.1, 0.15) is 40.5 Å². The zero-order valence-corrected chi connectivity index (χ0v) is 11.9. The van der Waals surface area contributed by atoms with Crippen LogP contribution in [-0.2, 0) is 0 Å². The second kappa shape index (κ2) is 7.98. The smallest absolute Gasteiger partial charge is 0.251 e. The second-order valence-electron chi connectivity index (χ2n) is 5.33. The van der Waals surface area contributed by atoms with Gasteiger partial charge in [0.1, 0.15) is 0 Å². The average molecular weight is 250 g/mol. The number of rotatable bonds is 9. The predicted molar refractivity (Wildman–Crippen MR) is 69.7 cm³/mol. The molecule has 0 radical (unpaired) electrons. The fourth-order valence-electron chi connectivity index (χ4n) is 2.07. The Kier molecular flexibility index (Phi) is 7.88. The molecule has 17 heavy (non-hydrogen) atoms. The number of nitrogens with zero attached hydrogens (tertiary/aromatic N) is 1. The molecule has 4 heteroatoms. The van der Waals surface area contributed by atoms with Crippen molar-refractivity contribution in [1.82, 2.24) is 10.2 Å². The Labute approximate surface area is 105 Å². The molecule has 0 aromatic heterocycles. The summed E-state index contributed by atoms with van der Waals surface area (Å²) in [6, 6.07) is 0.438. The van der Waals surface area contributed by atoms with Gasteiger partial charge in [-0.3, -0.25) is 0 Å². The largest absolute Gasteiger partial charge is 0.314 e. The molecule has 0 unspecified atom stereocenters. The van der Waals surface area contributed by atoms with Crippen LogP contribution in [0.2, 0.25) is 0 Å². The minimum absolute atomic E-state index is 0.105. The van der Waals surface area contributed by atoms with Crippen LogP contribution in [0.15, 0.2) is 0 Å². The van der Waals surface area contributed by atoms with Gasteiger partial charge in [0.2, 0.25) is 0 Å². The average Bonchev–Trinajstić information content (AvgIpc) is 2.23. The monoisotopic (exact) mass is 250 g/mol. The molecule has 0 aliphatic rings. The van der Waals surface area contributed by atoms with Crippen LogP contribution in [0.5, 0.6) is 0 Å². The van der Waals surface area contributed by atoms with Crippen molar-refractivity contribution in [2.45, 2.75) is 53.0 Å². The first-order valence-electron chi connectivity index (χ1n) is 6.55. The molecule has 0 saturated heterocycles. The summed E-state index contributed by atoms with van der Waals surface area (Å²) < 4.78 is 24.7. The number of halogens is 2. The van der Waals surface area contributed by atoms with Crippen molar-refractivity contribution in [2.75, 3.05) is 26.7 Å². The quantitative estimate of drug-likeness (QED) is 0.677. The van der Waals surface area contributed by atoms with Gasteiger partial charge in [-0.25, -0.2) is 8.78 Å². The van der Waals surface area contributed by atoms with Gasteiger partial charge in [0.15, 0.2) is 0 Å². The van der Waals surface area contributed by atoms with Crippen LogP contribution >= 0.6 is 0 Å². The second-order valence-corrected chi connectivity index (χ2v) is 5.33. The lowest BCUT2D eigenvalue weighted by Crippen LogP contribution is -2.45. The molecule has 0 aliphatic heterocycles. The normalized spacial score (nSPS) is 13.1. The molecule has 1 N–H and O–H groups in total. The van der Waals surface area contributed by atoms with Gasteiger partial charge in [0.05, 0.1) is 6.54 Å². The first-order chi connectivity index (χ1) is 7.85. The highest BCUT2D eigenvalue weighted by Crippen LogP contribution is 2.26. The number of hydrogen-bond acceptors (Lipinski definition) is 2. The van der Waals surface area contributed by atoms with Crippen molar-refractivity contribution in [2.24, 2.45) is 5.41 Å². The van der Waals surface area contributed by atoms with E-state index in [1.165, 1.54) is 0 Å². The van der Waals surface area contributed by atoms with Crippen molar-refractivity contribution in [3.05, 3.63) is 0 Å². The van der Waals surface area contributed by atoms with Gasteiger partial charge in [-0.05, 0) is 25.3 Å². The van der Waals surface area contributed by atoms with Crippen molar-refractivity contribution < 1.29 is 8.78 Å². The van der Waals surface area contributed by atoms with E-state index in [-0.39, 0.29) is 12.0 Å². The molecule has 0 amide bonds. The fraction of sp³-hybridized carbons (Fsp3) is 1.00. The summed E-state index contributed by atoms with van der Waals surface area (Å²) in [5, 5.41) is 3.43. The highest BCUT2D eigenvalue weighted by Gasteiger charge is 2.28. The first kappa shape index (κ1) is 16.8. The number of alkyl halides is 2. The van der Waals surface area contributed by atoms with E-state index < -0.39 is 6.43 Å². The van der Waals surface area contributed by atoms with E-state index >= 15 is 0 Å². The molecule has 0 heterocycles. The molecular weight excluding hydrogens is 222 g/mol. The van der Waals surface area contributed by atoms with Gasteiger partial charge in [0.25, 0.3) is 6.43 Å². The van der Waals surface area contributed by atoms with Gasteiger partial charge in [0, 0.05) is 19.1 Å². The lowest BCUT2D eigenvalue weighted by atomic mass is 9.81. The third kappa shape index (κ3) is 6.94. The van der Waals surface area contributed by atoms with Gasteiger partial charge < -0.3 is 10.2 Å². The van der Waals surface area contributed by atoms with Crippen molar-refractivity contribution in [3.8, 4) is 0 Å². The van der Waals surface area contributed by atoms with E-state index in [1.54, 1.807) is 11.9 Å². The van der Waals surface area contributed by atoms with Crippen molar-refractivity contribution in [3.63, 3.8) is 0 Å². The minimum Gasteiger partial charge on any atom is -0.314 e. The van der Waals surface area contributed by atoms with E-state index in [9.17, 15) is 8.78 Å². The summed E-state index contributed by atoms with van der Waals surface area (Å²) in [6.45, 7) is 9.99. The summed E-state index contributed by atoms with van der Waals surface area (Å²) in [5.74, 6) is 0. The maximum absolute atomic E-state index is 12.3. The molecule has 0 aliphatic carbocycles. The minimum atomic E-state index is -2.25. The fourth-order valence-corrected chi connectivity index (χ4v) is 2.07. The standard InChI is InChI=1S/C13H28F2N2/c1-6-13(7-2,9-16-11(3)4)10-17(5)8-12(14)15/h11-12,16H,6-10H2,1-5H3. The van der Waals surface area contributed by atoms with Crippen LogP contribution in [0.3, 0.4) is 0 Å². The Morgan fingerprint density at radius 2 is 1.71 bits per heavy atom. The molecule has 104 valence electrons. The molecule has 0 spiro atoms. The SMILES string of the molecule is CCC(CC)(CNC(C)C)CN(C)CC(F)F. The number of hydrogen-bond donors (Lipinski definition) is 1. The van der Waals surface area contributed by atoms with Gasteiger partial charge in [-0.15, -0.1) is 0 Å². The zero-order valence-electron chi connectivity index (χ0n) is 11.9.